The largest absolute Gasteiger partial charge is 0.258 e. The molecule has 5 heteroatoms. The van der Waals surface area contributed by atoms with Crippen LogP contribution in [0.2, 0.25) is 0 Å². The van der Waals surface area contributed by atoms with Crippen molar-refractivity contribution in [3.8, 4) is 0 Å². The fraction of sp³-hybridized carbons (Fsp3) is 0.700. The Morgan fingerprint density at radius 3 is 2.80 bits per heavy atom. The van der Waals surface area contributed by atoms with Gasteiger partial charge in [-0.25, -0.2) is 0 Å². The van der Waals surface area contributed by atoms with Gasteiger partial charge in [-0.3, -0.25) is 5.10 Å². The molecule has 0 radical (unpaired) electrons. The summed E-state index contributed by atoms with van der Waals surface area (Å²) in [4.78, 5) is 1.10. The third-order valence-electron chi connectivity index (χ3n) is 2.14. The summed E-state index contributed by atoms with van der Waals surface area (Å²) in [6.07, 6.45) is 6.92. The molecule has 1 aromatic rings. The molecule has 1 N–H and O–H groups in total. The molecule has 0 amide bonds. The third-order valence-corrected chi connectivity index (χ3v) is 3.58. The average molecular weight is 260 g/mol. The summed E-state index contributed by atoms with van der Waals surface area (Å²) in [6.45, 7) is 2.22. The van der Waals surface area contributed by atoms with E-state index in [0.717, 1.165) is 26.7 Å². The van der Waals surface area contributed by atoms with Crippen molar-refractivity contribution in [3.63, 3.8) is 0 Å². The van der Waals surface area contributed by atoms with Gasteiger partial charge in [0.1, 0.15) is 5.01 Å². The highest BCUT2D eigenvalue weighted by atomic mass is 32.1. The highest BCUT2D eigenvalue weighted by Crippen LogP contribution is 2.10. The Morgan fingerprint density at radius 1 is 1.40 bits per heavy atom. The molecule has 2 nitrogen and oxygen atoms in total. The fourth-order valence-electron chi connectivity index (χ4n) is 1.34. The van der Waals surface area contributed by atoms with E-state index in [1.54, 1.807) is 0 Å². The van der Waals surface area contributed by atoms with Gasteiger partial charge in [0.2, 0.25) is 0 Å². The Bertz CT molecular complexity index is 354. The molecule has 1 aromatic heterocycles. The van der Waals surface area contributed by atoms with Gasteiger partial charge >= 0.3 is 0 Å². The van der Waals surface area contributed by atoms with Crippen molar-refractivity contribution < 1.29 is 0 Å². The first-order chi connectivity index (χ1) is 7.22. The molecule has 0 aromatic carbocycles. The Hall–Kier alpha value is -0.130. The van der Waals surface area contributed by atoms with Crippen LogP contribution < -0.4 is 0 Å². The van der Waals surface area contributed by atoms with Crippen LogP contribution in [-0.2, 0) is 6.42 Å². The molecule has 0 saturated heterocycles. The number of hydrogen-bond donors (Lipinski definition) is 1. The smallest absolute Gasteiger partial charge is 0.176 e. The highest BCUT2D eigenvalue weighted by molar-refractivity contribution is 7.80. The zero-order chi connectivity index (χ0) is 11.1. The minimum absolute atomic E-state index is 0.735. The number of unbranched alkanes of at least 4 members (excludes halogenated alkanes) is 3. The van der Waals surface area contributed by atoms with Crippen molar-refractivity contribution in [1.82, 2.24) is 10.2 Å². The molecule has 0 atom stereocenters. The van der Waals surface area contributed by atoms with Crippen LogP contribution in [0.3, 0.4) is 0 Å². The summed E-state index contributed by atoms with van der Waals surface area (Å²) in [5, 5.41) is 7.89. The van der Waals surface area contributed by atoms with Gasteiger partial charge in [-0.15, -0.1) is 0 Å². The molecule has 0 saturated carbocycles. The van der Waals surface area contributed by atoms with Crippen molar-refractivity contribution in [2.45, 2.75) is 45.4 Å². The van der Waals surface area contributed by atoms with Gasteiger partial charge in [-0.05, 0) is 29.9 Å². The van der Waals surface area contributed by atoms with Crippen LogP contribution in [-0.4, -0.2) is 15.1 Å². The van der Waals surface area contributed by atoms with Gasteiger partial charge in [-0.1, -0.05) is 49.7 Å². The molecule has 0 aliphatic heterocycles. The molecule has 0 aliphatic carbocycles. The first-order valence-electron chi connectivity index (χ1n) is 5.28. The number of hydrogen-bond acceptors (Lipinski definition) is 4. The van der Waals surface area contributed by atoms with E-state index in [2.05, 4.69) is 17.1 Å². The Labute approximate surface area is 105 Å². The van der Waals surface area contributed by atoms with E-state index in [0.29, 0.717) is 0 Å². The highest BCUT2D eigenvalue weighted by Gasteiger charge is 2.02. The van der Waals surface area contributed by atoms with E-state index in [9.17, 15) is 0 Å². The Balaban J connectivity index is 2.21. The van der Waals surface area contributed by atoms with Crippen LogP contribution in [0.15, 0.2) is 0 Å². The SMILES string of the molecule is CCCCCCC(=S)Cc1n[nH]c(=S)s1. The Morgan fingerprint density at radius 2 is 2.20 bits per heavy atom. The van der Waals surface area contributed by atoms with E-state index in [4.69, 9.17) is 24.4 Å². The standard InChI is InChI=1S/C10H16N2S3/c1-2-3-4-5-6-8(13)7-9-11-12-10(14)15-9/h2-7H2,1H3,(H,12,14). The zero-order valence-electron chi connectivity index (χ0n) is 8.91. The molecule has 0 bridgehead atoms. The van der Waals surface area contributed by atoms with Crippen molar-refractivity contribution in [2.75, 3.05) is 0 Å². The fourth-order valence-corrected chi connectivity index (χ4v) is 2.69. The van der Waals surface area contributed by atoms with Crippen molar-refractivity contribution in [2.24, 2.45) is 0 Å². The summed E-state index contributed by atoms with van der Waals surface area (Å²) >= 11 is 11.8. The topological polar surface area (TPSA) is 28.7 Å². The van der Waals surface area contributed by atoms with Gasteiger partial charge in [0.05, 0.1) is 0 Å². The van der Waals surface area contributed by atoms with Crippen molar-refractivity contribution >= 4 is 40.6 Å². The lowest BCUT2D eigenvalue weighted by Crippen LogP contribution is -1.99. The summed E-state index contributed by atoms with van der Waals surface area (Å²) in [7, 11) is 0. The maximum absolute atomic E-state index is 5.31. The predicted octanol–water partition coefficient (Wildman–Crippen LogP) is 4.08. The first kappa shape index (κ1) is 12.9. The van der Waals surface area contributed by atoms with Crippen LogP contribution in [0.1, 0.15) is 44.0 Å². The van der Waals surface area contributed by atoms with E-state index in [1.807, 2.05) is 0 Å². The van der Waals surface area contributed by atoms with Crippen LogP contribution in [0.25, 0.3) is 0 Å². The molecule has 0 unspecified atom stereocenters. The minimum Gasteiger partial charge on any atom is -0.258 e. The molecular weight excluding hydrogens is 244 g/mol. The number of thiocarbonyl (C=S) groups is 1. The number of aromatic nitrogens is 2. The normalized spacial score (nSPS) is 10.5. The van der Waals surface area contributed by atoms with Crippen molar-refractivity contribution in [1.29, 1.82) is 0 Å². The van der Waals surface area contributed by atoms with Gasteiger partial charge in [-0.2, -0.15) is 5.10 Å². The molecular formula is C10H16N2S3. The molecule has 0 aliphatic rings. The van der Waals surface area contributed by atoms with Gasteiger partial charge in [0, 0.05) is 6.42 Å². The van der Waals surface area contributed by atoms with Gasteiger partial charge in [0.25, 0.3) is 0 Å². The average Bonchev–Trinajstić information content (AvgIpc) is 2.59. The second-order valence-electron chi connectivity index (χ2n) is 3.53. The predicted molar refractivity (Wildman–Crippen MR) is 72.4 cm³/mol. The zero-order valence-corrected chi connectivity index (χ0v) is 11.4. The lowest BCUT2D eigenvalue weighted by Gasteiger charge is -2.00. The van der Waals surface area contributed by atoms with Crippen molar-refractivity contribution in [3.05, 3.63) is 8.96 Å². The second-order valence-corrected chi connectivity index (χ2v) is 5.86. The summed E-state index contributed by atoms with van der Waals surface area (Å²) in [5.74, 6) is 0. The Kier molecular flexibility index (Phi) is 6.20. The second kappa shape index (κ2) is 7.19. The molecule has 0 fully saturated rings. The molecule has 1 heterocycles. The van der Waals surface area contributed by atoms with Gasteiger partial charge < -0.3 is 0 Å². The molecule has 1 rings (SSSR count). The number of aromatic amines is 1. The quantitative estimate of drug-likeness (QED) is 0.591. The van der Waals surface area contributed by atoms with Gasteiger partial charge in [0.15, 0.2) is 3.95 Å². The minimum atomic E-state index is 0.735. The summed E-state index contributed by atoms with van der Waals surface area (Å²) < 4.78 is 0.735. The molecule has 15 heavy (non-hydrogen) atoms. The van der Waals surface area contributed by atoms with E-state index in [1.165, 1.54) is 37.0 Å². The number of H-pyrrole nitrogens is 1. The molecule has 0 spiro atoms. The third kappa shape index (κ3) is 5.49. The van der Waals surface area contributed by atoms with E-state index < -0.39 is 0 Å². The van der Waals surface area contributed by atoms with Crippen LogP contribution in [0.4, 0.5) is 0 Å². The summed E-state index contributed by atoms with van der Waals surface area (Å²) in [6, 6.07) is 0. The van der Waals surface area contributed by atoms with Crippen LogP contribution in [0.5, 0.6) is 0 Å². The maximum Gasteiger partial charge on any atom is 0.176 e. The maximum atomic E-state index is 5.31. The first-order valence-corrected chi connectivity index (χ1v) is 6.91. The summed E-state index contributed by atoms with van der Waals surface area (Å²) in [5.41, 5.74) is 0. The van der Waals surface area contributed by atoms with Crippen LogP contribution in [0, 0.1) is 3.95 Å². The number of nitrogens with one attached hydrogen (secondary N) is 1. The van der Waals surface area contributed by atoms with Crippen LogP contribution >= 0.6 is 35.8 Å². The lowest BCUT2D eigenvalue weighted by atomic mass is 10.1. The van der Waals surface area contributed by atoms with E-state index >= 15 is 0 Å². The lowest BCUT2D eigenvalue weighted by molar-refractivity contribution is 0.683. The number of rotatable bonds is 7. The van der Waals surface area contributed by atoms with E-state index in [-0.39, 0.29) is 0 Å². The molecule has 84 valence electrons. The number of nitrogens with zero attached hydrogens (tertiary/aromatic N) is 1. The monoisotopic (exact) mass is 260 g/mol.